The van der Waals surface area contributed by atoms with E-state index < -0.39 is 0 Å². The highest BCUT2D eigenvalue weighted by molar-refractivity contribution is 6.32. The van der Waals surface area contributed by atoms with E-state index >= 15 is 0 Å². The Hall–Kier alpha value is -1.07. The maximum absolute atomic E-state index is 11.2. The zero-order chi connectivity index (χ0) is 12.8. The highest BCUT2D eigenvalue weighted by Gasteiger charge is 2.05. The summed E-state index contributed by atoms with van der Waals surface area (Å²) in [4.78, 5) is 13.4. The summed E-state index contributed by atoms with van der Waals surface area (Å²) < 4.78 is 0. The van der Waals surface area contributed by atoms with Crippen LogP contribution < -0.4 is 10.9 Å². The summed E-state index contributed by atoms with van der Waals surface area (Å²) in [7, 11) is 2.09. The molecule has 0 saturated carbocycles. The number of anilines is 1. The number of aromatic nitrogens is 2. The smallest absolute Gasteiger partial charge is 0.285 e. The third kappa shape index (κ3) is 4.36. The van der Waals surface area contributed by atoms with E-state index in [2.05, 4.69) is 41.3 Å². The maximum atomic E-state index is 11.2. The number of nitrogens with zero attached hydrogens (tertiary/aromatic N) is 2. The standard InChI is InChI=1S/C11H19ClN4O/c1-8(2)16(3)6-4-5-13-9-7-14-15-11(17)10(9)12/h7-8H,4-6H2,1-3H3,(H2,13,15,17). The monoisotopic (exact) mass is 258 g/mol. The Labute approximate surface area is 106 Å². The molecule has 1 aromatic rings. The van der Waals surface area contributed by atoms with Gasteiger partial charge in [0.2, 0.25) is 0 Å². The molecule has 0 aromatic carbocycles. The van der Waals surface area contributed by atoms with E-state index in [4.69, 9.17) is 11.6 Å². The summed E-state index contributed by atoms with van der Waals surface area (Å²) in [5.41, 5.74) is 0.221. The number of halogens is 1. The van der Waals surface area contributed by atoms with Crippen LogP contribution >= 0.6 is 11.6 Å². The predicted octanol–water partition coefficient (Wildman–Crippen LogP) is 1.57. The van der Waals surface area contributed by atoms with Gasteiger partial charge in [0.05, 0.1) is 11.9 Å². The molecule has 5 nitrogen and oxygen atoms in total. The van der Waals surface area contributed by atoms with Gasteiger partial charge in [0.15, 0.2) is 0 Å². The molecule has 0 aliphatic rings. The van der Waals surface area contributed by atoms with E-state index in [0.717, 1.165) is 19.5 Å². The first-order valence-electron chi connectivity index (χ1n) is 5.69. The molecule has 17 heavy (non-hydrogen) atoms. The minimum atomic E-state index is -0.365. The van der Waals surface area contributed by atoms with E-state index in [1.807, 2.05) is 0 Å². The average molecular weight is 259 g/mol. The Morgan fingerprint density at radius 1 is 1.59 bits per heavy atom. The normalized spacial score (nSPS) is 11.2. The molecular weight excluding hydrogens is 240 g/mol. The molecule has 96 valence electrons. The third-order valence-electron chi connectivity index (χ3n) is 2.68. The molecule has 0 unspecified atom stereocenters. The number of aromatic amines is 1. The van der Waals surface area contributed by atoms with Crippen molar-refractivity contribution in [3.63, 3.8) is 0 Å². The second-order valence-corrected chi connectivity index (χ2v) is 4.66. The third-order valence-corrected chi connectivity index (χ3v) is 3.06. The van der Waals surface area contributed by atoms with Crippen LogP contribution in [-0.2, 0) is 0 Å². The van der Waals surface area contributed by atoms with Crippen molar-refractivity contribution in [2.45, 2.75) is 26.3 Å². The highest BCUT2D eigenvalue weighted by atomic mass is 35.5. The Bertz CT molecular complexity index is 405. The minimum absolute atomic E-state index is 0.164. The van der Waals surface area contributed by atoms with Crippen LogP contribution in [0.5, 0.6) is 0 Å². The van der Waals surface area contributed by atoms with Gasteiger partial charge in [0.25, 0.3) is 5.56 Å². The zero-order valence-electron chi connectivity index (χ0n) is 10.5. The lowest BCUT2D eigenvalue weighted by atomic mass is 10.3. The van der Waals surface area contributed by atoms with Gasteiger partial charge in [-0.3, -0.25) is 4.79 Å². The molecular formula is C11H19ClN4O. The maximum Gasteiger partial charge on any atom is 0.285 e. The Morgan fingerprint density at radius 3 is 2.94 bits per heavy atom. The summed E-state index contributed by atoms with van der Waals surface area (Å²) >= 11 is 5.83. The van der Waals surface area contributed by atoms with Crippen molar-refractivity contribution in [3.8, 4) is 0 Å². The van der Waals surface area contributed by atoms with E-state index in [1.165, 1.54) is 6.20 Å². The van der Waals surface area contributed by atoms with E-state index in [-0.39, 0.29) is 10.6 Å². The SMILES string of the molecule is CC(C)N(C)CCCNc1cn[nH]c(=O)c1Cl. The Kier molecular flexibility index (Phi) is 5.44. The predicted molar refractivity (Wildman–Crippen MR) is 70.7 cm³/mol. The van der Waals surface area contributed by atoms with Crippen LogP contribution in [-0.4, -0.2) is 41.3 Å². The van der Waals surface area contributed by atoms with Crippen LogP contribution in [0.1, 0.15) is 20.3 Å². The van der Waals surface area contributed by atoms with Crippen LogP contribution in [0, 0.1) is 0 Å². The Morgan fingerprint density at radius 2 is 2.29 bits per heavy atom. The molecule has 0 amide bonds. The van der Waals surface area contributed by atoms with Gasteiger partial charge in [0.1, 0.15) is 5.02 Å². The molecule has 0 aliphatic heterocycles. The van der Waals surface area contributed by atoms with Gasteiger partial charge in [-0.25, -0.2) is 5.10 Å². The quantitative estimate of drug-likeness (QED) is 0.761. The molecule has 1 heterocycles. The van der Waals surface area contributed by atoms with Crippen molar-refractivity contribution < 1.29 is 0 Å². The van der Waals surface area contributed by atoms with Crippen LogP contribution in [0.4, 0.5) is 5.69 Å². The fraction of sp³-hybridized carbons (Fsp3) is 0.636. The van der Waals surface area contributed by atoms with Crippen LogP contribution in [0.15, 0.2) is 11.0 Å². The largest absolute Gasteiger partial charge is 0.382 e. The molecule has 0 spiro atoms. The number of nitrogens with one attached hydrogen (secondary N) is 2. The van der Waals surface area contributed by atoms with Gasteiger partial charge < -0.3 is 10.2 Å². The number of hydrogen-bond acceptors (Lipinski definition) is 4. The molecule has 1 aromatic heterocycles. The van der Waals surface area contributed by atoms with Crippen molar-refractivity contribution in [3.05, 3.63) is 21.6 Å². The second-order valence-electron chi connectivity index (χ2n) is 4.28. The highest BCUT2D eigenvalue weighted by Crippen LogP contribution is 2.13. The van der Waals surface area contributed by atoms with E-state index in [1.54, 1.807) is 0 Å². The van der Waals surface area contributed by atoms with Gasteiger partial charge in [-0.05, 0) is 33.9 Å². The van der Waals surface area contributed by atoms with Crippen molar-refractivity contribution in [1.29, 1.82) is 0 Å². The van der Waals surface area contributed by atoms with Crippen molar-refractivity contribution in [1.82, 2.24) is 15.1 Å². The summed E-state index contributed by atoms with van der Waals surface area (Å²) in [6.45, 7) is 6.08. The summed E-state index contributed by atoms with van der Waals surface area (Å²) in [6.07, 6.45) is 2.51. The van der Waals surface area contributed by atoms with Crippen molar-refractivity contribution in [2.24, 2.45) is 0 Å². The number of hydrogen-bond donors (Lipinski definition) is 2. The van der Waals surface area contributed by atoms with Gasteiger partial charge in [0, 0.05) is 12.6 Å². The first-order valence-corrected chi connectivity index (χ1v) is 6.07. The first kappa shape index (κ1) is 14.0. The molecule has 0 saturated heterocycles. The van der Waals surface area contributed by atoms with Gasteiger partial charge in [-0.15, -0.1) is 0 Å². The van der Waals surface area contributed by atoms with E-state index in [0.29, 0.717) is 11.7 Å². The number of rotatable bonds is 6. The van der Waals surface area contributed by atoms with Gasteiger partial charge in [-0.1, -0.05) is 11.6 Å². The van der Waals surface area contributed by atoms with Crippen LogP contribution in [0.2, 0.25) is 5.02 Å². The summed E-state index contributed by atoms with van der Waals surface area (Å²) in [5.74, 6) is 0. The van der Waals surface area contributed by atoms with Crippen LogP contribution in [0.3, 0.4) is 0 Å². The summed E-state index contributed by atoms with van der Waals surface area (Å²) in [6, 6.07) is 0.542. The summed E-state index contributed by atoms with van der Waals surface area (Å²) in [5, 5.41) is 9.24. The fourth-order valence-electron chi connectivity index (χ4n) is 1.32. The molecule has 0 radical (unpaired) electrons. The molecule has 0 fully saturated rings. The molecule has 0 aliphatic carbocycles. The lowest BCUT2D eigenvalue weighted by molar-refractivity contribution is 0.273. The molecule has 1 rings (SSSR count). The number of H-pyrrole nitrogens is 1. The van der Waals surface area contributed by atoms with E-state index in [9.17, 15) is 4.79 Å². The van der Waals surface area contributed by atoms with Crippen molar-refractivity contribution >= 4 is 17.3 Å². The van der Waals surface area contributed by atoms with Gasteiger partial charge >= 0.3 is 0 Å². The average Bonchev–Trinajstić information content (AvgIpc) is 2.29. The van der Waals surface area contributed by atoms with Crippen LogP contribution in [0.25, 0.3) is 0 Å². The molecule has 0 atom stereocenters. The molecule has 0 bridgehead atoms. The molecule has 6 heteroatoms. The lowest BCUT2D eigenvalue weighted by Crippen LogP contribution is -2.28. The van der Waals surface area contributed by atoms with Crippen molar-refractivity contribution in [2.75, 3.05) is 25.5 Å². The lowest BCUT2D eigenvalue weighted by Gasteiger charge is -2.20. The topological polar surface area (TPSA) is 61.0 Å². The zero-order valence-corrected chi connectivity index (χ0v) is 11.2. The Balaban J connectivity index is 2.37. The minimum Gasteiger partial charge on any atom is -0.382 e. The van der Waals surface area contributed by atoms with Gasteiger partial charge in [-0.2, -0.15) is 5.10 Å². The first-order chi connectivity index (χ1) is 8.02. The molecule has 2 N–H and O–H groups in total. The fourth-order valence-corrected chi connectivity index (χ4v) is 1.47. The second kappa shape index (κ2) is 6.61.